The molecule has 1 aromatic heterocycles. The first-order valence-corrected chi connectivity index (χ1v) is 6.34. The number of esters is 1. The lowest BCUT2D eigenvalue weighted by atomic mass is 9.98. The number of hydrogen-bond donors (Lipinski definition) is 0. The van der Waals surface area contributed by atoms with Crippen LogP contribution in [0.2, 0.25) is 5.15 Å². The molecule has 1 atom stereocenters. The smallest absolute Gasteiger partial charge is 0.310 e. The molecule has 6 nitrogen and oxygen atoms in total. The van der Waals surface area contributed by atoms with Crippen LogP contribution in [0, 0.1) is 5.92 Å². The van der Waals surface area contributed by atoms with Crippen LogP contribution in [-0.2, 0) is 9.53 Å². The molecule has 2 heterocycles. The van der Waals surface area contributed by atoms with Crippen molar-refractivity contribution in [1.82, 2.24) is 14.9 Å². The minimum Gasteiger partial charge on any atom is -0.469 e. The first-order valence-electron chi connectivity index (χ1n) is 5.96. The standard InChI is InChI=1S/C12H14ClN3O3/c1-19-12(18)8-3-2-4-16(7-8)11(17)9-5-15-10(13)6-14-9/h5-6,8H,2-4,7H2,1H3/t8-/m0/s1. The maximum absolute atomic E-state index is 12.2. The zero-order valence-corrected chi connectivity index (χ0v) is 11.3. The van der Waals surface area contributed by atoms with E-state index in [2.05, 4.69) is 9.97 Å². The Morgan fingerprint density at radius 1 is 1.42 bits per heavy atom. The van der Waals surface area contributed by atoms with Crippen LogP contribution in [0.5, 0.6) is 0 Å². The third kappa shape index (κ3) is 3.20. The topological polar surface area (TPSA) is 72.4 Å². The number of hydrogen-bond acceptors (Lipinski definition) is 5. The van der Waals surface area contributed by atoms with Crippen molar-refractivity contribution in [3.63, 3.8) is 0 Å². The molecule has 0 aliphatic carbocycles. The van der Waals surface area contributed by atoms with Crippen LogP contribution < -0.4 is 0 Å². The van der Waals surface area contributed by atoms with E-state index in [4.69, 9.17) is 16.3 Å². The van der Waals surface area contributed by atoms with E-state index in [1.54, 1.807) is 4.90 Å². The van der Waals surface area contributed by atoms with Gasteiger partial charge in [-0.25, -0.2) is 9.97 Å². The quantitative estimate of drug-likeness (QED) is 0.762. The lowest BCUT2D eigenvalue weighted by Gasteiger charge is -2.30. The summed E-state index contributed by atoms with van der Waals surface area (Å²) in [5.74, 6) is -0.777. The Morgan fingerprint density at radius 3 is 2.84 bits per heavy atom. The molecule has 1 fully saturated rings. The number of rotatable bonds is 2. The summed E-state index contributed by atoms with van der Waals surface area (Å²) in [6, 6.07) is 0. The van der Waals surface area contributed by atoms with E-state index >= 15 is 0 Å². The van der Waals surface area contributed by atoms with Crippen LogP contribution in [-0.4, -0.2) is 46.9 Å². The number of carbonyl (C=O) groups excluding carboxylic acids is 2. The highest BCUT2D eigenvalue weighted by Gasteiger charge is 2.29. The van der Waals surface area contributed by atoms with Gasteiger partial charge in [0.25, 0.3) is 5.91 Å². The number of carbonyl (C=O) groups is 2. The molecule has 7 heteroatoms. The van der Waals surface area contributed by atoms with Crippen molar-refractivity contribution in [3.8, 4) is 0 Å². The van der Waals surface area contributed by atoms with E-state index in [9.17, 15) is 9.59 Å². The summed E-state index contributed by atoms with van der Waals surface area (Å²) in [6.07, 6.45) is 4.18. The number of likely N-dealkylation sites (tertiary alicyclic amines) is 1. The van der Waals surface area contributed by atoms with Crippen LogP contribution in [0.3, 0.4) is 0 Å². The second-order valence-corrected chi connectivity index (χ2v) is 4.73. The van der Waals surface area contributed by atoms with Gasteiger partial charge in [0.15, 0.2) is 0 Å². The van der Waals surface area contributed by atoms with E-state index < -0.39 is 0 Å². The highest BCUT2D eigenvalue weighted by molar-refractivity contribution is 6.29. The average Bonchev–Trinajstić information content (AvgIpc) is 2.46. The zero-order chi connectivity index (χ0) is 13.8. The third-order valence-electron chi connectivity index (χ3n) is 3.08. The molecule has 0 spiro atoms. The molecule has 0 unspecified atom stereocenters. The lowest BCUT2D eigenvalue weighted by Crippen LogP contribution is -2.42. The second kappa shape index (κ2) is 5.97. The number of nitrogens with zero attached hydrogens (tertiary/aromatic N) is 3. The predicted octanol–water partition coefficient (Wildman–Crippen LogP) is 1.16. The van der Waals surface area contributed by atoms with E-state index in [0.29, 0.717) is 13.1 Å². The van der Waals surface area contributed by atoms with Gasteiger partial charge in [0, 0.05) is 13.1 Å². The minimum absolute atomic E-state index is 0.231. The summed E-state index contributed by atoms with van der Waals surface area (Å²) in [6.45, 7) is 0.965. The third-order valence-corrected chi connectivity index (χ3v) is 3.28. The number of aromatic nitrogens is 2. The number of piperidine rings is 1. The van der Waals surface area contributed by atoms with E-state index in [1.807, 2.05) is 0 Å². The molecular weight excluding hydrogens is 270 g/mol. The van der Waals surface area contributed by atoms with Gasteiger partial charge in [0.1, 0.15) is 10.8 Å². The molecule has 102 valence electrons. The van der Waals surface area contributed by atoms with E-state index in [-0.39, 0.29) is 28.6 Å². The van der Waals surface area contributed by atoms with Gasteiger partial charge in [-0.15, -0.1) is 0 Å². The summed E-state index contributed by atoms with van der Waals surface area (Å²) in [5, 5.41) is 0.239. The molecule has 2 rings (SSSR count). The SMILES string of the molecule is COC(=O)[C@H]1CCCN(C(=O)c2cnc(Cl)cn2)C1. The maximum atomic E-state index is 12.2. The monoisotopic (exact) mass is 283 g/mol. The van der Waals surface area contributed by atoms with Gasteiger partial charge in [-0.3, -0.25) is 9.59 Å². The molecule has 19 heavy (non-hydrogen) atoms. The molecule has 1 aliphatic rings. The number of ether oxygens (including phenoxy) is 1. The van der Waals surface area contributed by atoms with Gasteiger partial charge in [0.2, 0.25) is 0 Å². The highest BCUT2D eigenvalue weighted by Crippen LogP contribution is 2.19. The second-order valence-electron chi connectivity index (χ2n) is 4.34. The predicted molar refractivity (Wildman–Crippen MR) is 67.7 cm³/mol. The summed E-state index contributed by atoms with van der Waals surface area (Å²) >= 11 is 5.63. The molecule has 1 amide bonds. The number of methoxy groups -OCH3 is 1. The fraction of sp³-hybridized carbons (Fsp3) is 0.500. The van der Waals surface area contributed by atoms with Crippen molar-refractivity contribution in [2.45, 2.75) is 12.8 Å². The maximum Gasteiger partial charge on any atom is 0.310 e. The Hall–Kier alpha value is -1.69. The molecule has 0 saturated carbocycles. The average molecular weight is 284 g/mol. The van der Waals surface area contributed by atoms with Crippen molar-refractivity contribution >= 4 is 23.5 Å². The van der Waals surface area contributed by atoms with Gasteiger partial charge in [-0.05, 0) is 12.8 Å². The molecule has 1 aromatic rings. The Balaban J connectivity index is 2.06. The summed E-state index contributed by atoms with van der Waals surface area (Å²) in [5.41, 5.74) is 0.231. The van der Waals surface area contributed by atoms with Gasteiger partial charge >= 0.3 is 5.97 Å². The van der Waals surface area contributed by atoms with Crippen LogP contribution in [0.25, 0.3) is 0 Å². The van der Waals surface area contributed by atoms with Crippen LogP contribution in [0.4, 0.5) is 0 Å². The molecule has 0 aromatic carbocycles. The van der Waals surface area contributed by atoms with Gasteiger partial charge in [-0.2, -0.15) is 0 Å². The Bertz CT molecular complexity index is 478. The van der Waals surface area contributed by atoms with Crippen molar-refractivity contribution in [2.75, 3.05) is 20.2 Å². The Kier molecular flexibility index (Phi) is 4.31. The summed E-state index contributed by atoms with van der Waals surface area (Å²) in [4.78, 5) is 33.1. The fourth-order valence-electron chi connectivity index (χ4n) is 2.11. The minimum atomic E-state index is -0.278. The van der Waals surface area contributed by atoms with E-state index in [0.717, 1.165) is 12.8 Å². The number of halogens is 1. The van der Waals surface area contributed by atoms with Crippen LogP contribution >= 0.6 is 11.6 Å². The Labute approximate surface area is 115 Å². The number of amides is 1. The Morgan fingerprint density at radius 2 is 2.21 bits per heavy atom. The highest BCUT2D eigenvalue weighted by atomic mass is 35.5. The van der Waals surface area contributed by atoms with Crippen molar-refractivity contribution in [3.05, 3.63) is 23.2 Å². The van der Waals surface area contributed by atoms with Crippen molar-refractivity contribution in [2.24, 2.45) is 5.92 Å². The fourth-order valence-corrected chi connectivity index (χ4v) is 2.20. The van der Waals surface area contributed by atoms with Gasteiger partial charge < -0.3 is 9.64 Å². The van der Waals surface area contributed by atoms with Gasteiger partial charge in [0.05, 0.1) is 25.4 Å². The van der Waals surface area contributed by atoms with Gasteiger partial charge in [-0.1, -0.05) is 11.6 Å². The zero-order valence-electron chi connectivity index (χ0n) is 10.5. The molecule has 0 N–H and O–H groups in total. The molecule has 1 aliphatic heterocycles. The molecule has 0 radical (unpaired) electrons. The van der Waals surface area contributed by atoms with Crippen LogP contribution in [0.15, 0.2) is 12.4 Å². The first kappa shape index (κ1) is 13.7. The normalized spacial score (nSPS) is 19.1. The van der Waals surface area contributed by atoms with Crippen molar-refractivity contribution in [1.29, 1.82) is 0 Å². The molecule has 0 bridgehead atoms. The molecular formula is C12H14ClN3O3. The molecule has 1 saturated heterocycles. The lowest BCUT2D eigenvalue weighted by molar-refractivity contribution is -0.146. The van der Waals surface area contributed by atoms with Crippen molar-refractivity contribution < 1.29 is 14.3 Å². The largest absolute Gasteiger partial charge is 0.469 e. The first-order chi connectivity index (χ1) is 9.11. The van der Waals surface area contributed by atoms with E-state index in [1.165, 1.54) is 19.5 Å². The summed E-state index contributed by atoms with van der Waals surface area (Å²) in [7, 11) is 1.35. The summed E-state index contributed by atoms with van der Waals surface area (Å²) < 4.78 is 4.72. The van der Waals surface area contributed by atoms with Crippen LogP contribution in [0.1, 0.15) is 23.3 Å².